The zero-order valence-electron chi connectivity index (χ0n) is 12.6. The maximum Gasteiger partial charge on any atom is 0.436 e. The Balaban J connectivity index is 2.08. The molecule has 0 aliphatic carbocycles. The SMILES string of the molecule is Cc1c(Br)c(C(F)(F)F)nn1CCC(=O)Nc1c(C#N)cnn1C. The zero-order chi connectivity index (χ0) is 18.1. The molecule has 24 heavy (non-hydrogen) atoms. The second kappa shape index (κ2) is 6.64. The second-order valence-electron chi connectivity index (χ2n) is 4.91. The van der Waals surface area contributed by atoms with E-state index in [-0.39, 0.29) is 34.5 Å². The van der Waals surface area contributed by atoms with Gasteiger partial charge in [0.25, 0.3) is 0 Å². The number of alkyl halides is 3. The first-order valence-corrected chi connectivity index (χ1v) is 7.46. The Kier molecular flexibility index (Phi) is 4.98. The highest BCUT2D eigenvalue weighted by Crippen LogP contribution is 2.35. The van der Waals surface area contributed by atoms with Crippen LogP contribution >= 0.6 is 15.9 Å². The van der Waals surface area contributed by atoms with Crippen LogP contribution in [0.1, 0.15) is 23.4 Å². The van der Waals surface area contributed by atoms with Crippen molar-refractivity contribution in [3.05, 3.63) is 27.6 Å². The van der Waals surface area contributed by atoms with Gasteiger partial charge in [0.1, 0.15) is 17.5 Å². The van der Waals surface area contributed by atoms with Crippen LogP contribution in [0.2, 0.25) is 0 Å². The van der Waals surface area contributed by atoms with Crippen LogP contribution < -0.4 is 5.32 Å². The fourth-order valence-electron chi connectivity index (χ4n) is 1.99. The van der Waals surface area contributed by atoms with Gasteiger partial charge in [0.2, 0.25) is 5.91 Å². The molecule has 0 unspecified atom stereocenters. The average Bonchev–Trinajstić information content (AvgIpc) is 2.99. The van der Waals surface area contributed by atoms with Gasteiger partial charge in [0.05, 0.1) is 22.9 Å². The molecule has 2 heterocycles. The Morgan fingerprint density at radius 1 is 1.50 bits per heavy atom. The van der Waals surface area contributed by atoms with Gasteiger partial charge in [-0.3, -0.25) is 14.2 Å². The minimum Gasteiger partial charge on any atom is -0.310 e. The van der Waals surface area contributed by atoms with Crippen molar-refractivity contribution >= 4 is 27.7 Å². The highest BCUT2D eigenvalue weighted by Gasteiger charge is 2.37. The third-order valence-corrected chi connectivity index (χ3v) is 4.22. The fourth-order valence-corrected chi connectivity index (χ4v) is 2.50. The first-order valence-electron chi connectivity index (χ1n) is 6.67. The molecule has 7 nitrogen and oxygen atoms in total. The zero-order valence-corrected chi connectivity index (χ0v) is 14.2. The monoisotopic (exact) mass is 404 g/mol. The third-order valence-electron chi connectivity index (χ3n) is 3.27. The summed E-state index contributed by atoms with van der Waals surface area (Å²) in [6.45, 7) is 1.44. The molecule has 1 N–H and O–H groups in total. The van der Waals surface area contributed by atoms with Crippen molar-refractivity contribution < 1.29 is 18.0 Å². The molecule has 11 heteroatoms. The van der Waals surface area contributed by atoms with Gasteiger partial charge in [-0.05, 0) is 22.9 Å². The van der Waals surface area contributed by atoms with Crippen LogP contribution in [0.15, 0.2) is 10.7 Å². The number of nitriles is 1. The molecule has 0 aliphatic rings. The van der Waals surface area contributed by atoms with E-state index < -0.39 is 17.8 Å². The van der Waals surface area contributed by atoms with Gasteiger partial charge in [0, 0.05) is 13.5 Å². The number of carbonyl (C=O) groups excluding carboxylic acids is 1. The van der Waals surface area contributed by atoms with Gasteiger partial charge in [0.15, 0.2) is 5.69 Å². The topological polar surface area (TPSA) is 88.5 Å². The van der Waals surface area contributed by atoms with Crippen molar-refractivity contribution in [1.82, 2.24) is 19.6 Å². The normalized spacial score (nSPS) is 11.4. The molecule has 128 valence electrons. The Labute approximate surface area is 143 Å². The summed E-state index contributed by atoms with van der Waals surface area (Å²) < 4.78 is 40.7. The molecular weight excluding hydrogens is 393 g/mol. The Bertz CT molecular complexity index is 817. The molecule has 0 saturated heterocycles. The van der Waals surface area contributed by atoms with Crippen LogP contribution in [-0.4, -0.2) is 25.5 Å². The molecule has 0 bridgehead atoms. The van der Waals surface area contributed by atoms with Crippen LogP contribution in [0, 0.1) is 18.3 Å². The molecule has 1 amide bonds. The predicted molar refractivity (Wildman–Crippen MR) is 80.8 cm³/mol. The summed E-state index contributed by atoms with van der Waals surface area (Å²) in [6.07, 6.45) is -3.38. The van der Waals surface area contributed by atoms with Gasteiger partial charge < -0.3 is 5.32 Å². The van der Waals surface area contributed by atoms with Gasteiger partial charge in [-0.25, -0.2) is 0 Å². The van der Waals surface area contributed by atoms with E-state index in [2.05, 4.69) is 31.4 Å². The highest BCUT2D eigenvalue weighted by atomic mass is 79.9. The predicted octanol–water partition coefficient (Wildman–Crippen LogP) is 2.61. The molecule has 0 spiro atoms. The number of rotatable bonds is 4. The highest BCUT2D eigenvalue weighted by molar-refractivity contribution is 9.10. The lowest BCUT2D eigenvalue weighted by atomic mass is 10.3. The van der Waals surface area contributed by atoms with Gasteiger partial charge in [-0.2, -0.15) is 28.6 Å². The Morgan fingerprint density at radius 2 is 2.17 bits per heavy atom. The van der Waals surface area contributed by atoms with Gasteiger partial charge in [-0.1, -0.05) is 0 Å². The number of halogens is 4. The van der Waals surface area contributed by atoms with E-state index >= 15 is 0 Å². The van der Waals surface area contributed by atoms with E-state index in [9.17, 15) is 18.0 Å². The molecule has 2 aromatic heterocycles. The lowest BCUT2D eigenvalue weighted by Crippen LogP contribution is -2.18. The number of anilines is 1. The molecule has 0 aromatic carbocycles. The molecule has 2 rings (SSSR count). The standard InChI is InChI=1S/C13H12BrF3N6O/c1-7-10(14)11(13(15,16)17)21-23(7)4-3-9(24)20-12-8(5-18)6-19-22(12)2/h6H,3-4H2,1-2H3,(H,20,24). The summed E-state index contributed by atoms with van der Waals surface area (Å²) in [4.78, 5) is 12.0. The summed E-state index contributed by atoms with van der Waals surface area (Å²) in [5.41, 5.74) is -0.560. The van der Waals surface area contributed by atoms with Gasteiger partial charge in [-0.15, -0.1) is 0 Å². The largest absolute Gasteiger partial charge is 0.436 e. The van der Waals surface area contributed by atoms with Crippen LogP contribution in [0.5, 0.6) is 0 Å². The van der Waals surface area contributed by atoms with Crippen molar-refractivity contribution in [2.24, 2.45) is 7.05 Å². The van der Waals surface area contributed by atoms with Gasteiger partial charge >= 0.3 is 6.18 Å². The lowest BCUT2D eigenvalue weighted by molar-refractivity contribution is -0.142. The molecule has 0 atom stereocenters. The maximum atomic E-state index is 12.8. The van der Waals surface area contributed by atoms with E-state index in [0.29, 0.717) is 0 Å². The van der Waals surface area contributed by atoms with Crippen LogP contribution in [0.4, 0.5) is 19.0 Å². The lowest BCUT2D eigenvalue weighted by Gasteiger charge is -2.07. The van der Waals surface area contributed by atoms with E-state index in [1.165, 1.54) is 17.8 Å². The number of hydrogen-bond donors (Lipinski definition) is 1. The number of carbonyl (C=O) groups is 1. The number of aryl methyl sites for hydroxylation is 2. The fraction of sp³-hybridized carbons (Fsp3) is 0.385. The third kappa shape index (κ3) is 3.59. The van der Waals surface area contributed by atoms with E-state index in [1.54, 1.807) is 7.05 Å². The number of nitrogens with zero attached hydrogens (tertiary/aromatic N) is 5. The quantitative estimate of drug-likeness (QED) is 0.847. The van der Waals surface area contributed by atoms with Crippen molar-refractivity contribution in [2.75, 3.05) is 5.32 Å². The molecule has 0 saturated carbocycles. The number of nitrogens with one attached hydrogen (secondary N) is 1. The molecule has 0 radical (unpaired) electrons. The minimum atomic E-state index is -4.58. The molecular formula is C13H12BrF3N6O. The van der Waals surface area contributed by atoms with Crippen LogP contribution in [-0.2, 0) is 24.6 Å². The van der Waals surface area contributed by atoms with Crippen molar-refractivity contribution in [2.45, 2.75) is 26.1 Å². The van der Waals surface area contributed by atoms with Crippen LogP contribution in [0.25, 0.3) is 0 Å². The van der Waals surface area contributed by atoms with Crippen molar-refractivity contribution in [3.63, 3.8) is 0 Å². The maximum absolute atomic E-state index is 12.8. The smallest absolute Gasteiger partial charge is 0.310 e. The molecule has 0 fully saturated rings. The second-order valence-corrected chi connectivity index (χ2v) is 5.70. The average molecular weight is 405 g/mol. The molecule has 2 aromatic rings. The first-order chi connectivity index (χ1) is 11.1. The van der Waals surface area contributed by atoms with E-state index in [4.69, 9.17) is 5.26 Å². The minimum absolute atomic E-state index is 0.0356. The summed E-state index contributed by atoms with van der Waals surface area (Å²) in [7, 11) is 1.56. The summed E-state index contributed by atoms with van der Waals surface area (Å²) in [6, 6.07) is 1.89. The van der Waals surface area contributed by atoms with Crippen molar-refractivity contribution in [1.29, 1.82) is 5.26 Å². The summed E-state index contributed by atoms with van der Waals surface area (Å²) in [5, 5.41) is 18.8. The Morgan fingerprint density at radius 3 is 2.71 bits per heavy atom. The number of aromatic nitrogens is 4. The van der Waals surface area contributed by atoms with E-state index in [0.717, 1.165) is 4.68 Å². The van der Waals surface area contributed by atoms with Crippen LogP contribution in [0.3, 0.4) is 0 Å². The number of amides is 1. The summed E-state index contributed by atoms with van der Waals surface area (Å²) in [5.74, 6) is -0.230. The number of hydrogen-bond acceptors (Lipinski definition) is 4. The first kappa shape index (κ1) is 18.0. The Hall–Kier alpha value is -2.35. The van der Waals surface area contributed by atoms with Crippen molar-refractivity contribution in [3.8, 4) is 6.07 Å². The van der Waals surface area contributed by atoms with E-state index in [1.807, 2.05) is 6.07 Å². The molecule has 0 aliphatic heterocycles. The summed E-state index contributed by atoms with van der Waals surface area (Å²) >= 11 is 2.87.